The standard InChI is InChI=1S/C17H26N2O5S/c1-5-6-13(3)18-16(20)11-24-17(21)14(4)19-25(22,23)15-9-7-12(2)8-10-15/h7-10,13-14,19H,5-6,11H2,1-4H3,(H,18,20)/t13?,14-/m0/s1. The number of carbonyl (C=O) groups is 2. The van der Waals surface area contributed by atoms with E-state index in [0.29, 0.717) is 0 Å². The molecule has 1 unspecified atom stereocenters. The highest BCUT2D eigenvalue weighted by atomic mass is 32.2. The first-order valence-corrected chi connectivity index (χ1v) is 9.69. The van der Waals surface area contributed by atoms with E-state index in [1.807, 2.05) is 20.8 Å². The molecule has 0 saturated heterocycles. The van der Waals surface area contributed by atoms with E-state index in [0.717, 1.165) is 18.4 Å². The van der Waals surface area contributed by atoms with Gasteiger partial charge in [0.25, 0.3) is 5.91 Å². The van der Waals surface area contributed by atoms with Crippen LogP contribution in [0.2, 0.25) is 0 Å². The van der Waals surface area contributed by atoms with Crippen LogP contribution in [-0.4, -0.2) is 39.0 Å². The van der Waals surface area contributed by atoms with Crippen molar-refractivity contribution in [3.05, 3.63) is 29.8 Å². The van der Waals surface area contributed by atoms with Crippen LogP contribution in [0.1, 0.15) is 39.2 Å². The first-order chi connectivity index (χ1) is 11.7. The van der Waals surface area contributed by atoms with Crippen molar-refractivity contribution < 1.29 is 22.7 Å². The summed E-state index contributed by atoms with van der Waals surface area (Å²) in [6, 6.07) is 5.13. The van der Waals surface area contributed by atoms with Crippen molar-refractivity contribution in [3.8, 4) is 0 Å². The van der Waals surface area contributed by atoms with E-state index in [1.165, 1.54) is 19.1 Å². The summed E-state index contributed by atoms with van der Waals surface area (Å²) in [6.45, 7) is 6.64. The zero-order chi connectivity index (χ0) is 19.0. The number of nitrogens with one attached hydrogen (secondary N) is 2. The van der Waals surface area contributed by atoms with Crippen molar-refractivity contribution in [2.24, 2.45) is 0 Å². The maximum atomic E-state index is 12.2. The second kappa shape index (κ2) is 9.53. The monoisotopic (exact) mass is 370 g/mol. The minimum atomic E-state index is -3.84. The summed E-state index contributed by atoms with van der Waals surface area (Å²) in [5.41, 5.74) is 0.926. The topological polar surface area (TPSA) is 102 Å². The fourth-order valence-corrected chi connectivity index (χ4v) is 3.34. The maximum absolute atomic E-state index is 12.2. The van der Waals surface area contributed by atoms with Gasteiger partial charge < -0.3 is 10.1 Å². The van der Waals surface area contributed by atoms with Crippen LogP contribution in [0, 0.1) is 6.92 Å². The Balaban J connectivity index is 2.53. The molecule has 1 amide bonds. The van der Waals surface area contributed by atoms with Gasteiger partial charge in [0.1, 0.15) is 6.04 Å². The van der Waals surface area contributed by atoms with E-state index in [-0.39, 0.29) is 10.9 Å². The Morgan fingerprint density at radius 1 is 1.16 bits per heavy atom. The summed E-state index contributed by atoms with van der Waals surface area (Å²) >= 11 is 0. The van der Waals surface area contributed by atoms with Crippen molar-refractivity contribution in [1.82, 2.24) is 10.0 Å². The molecule has 0 bridgehead atoms. The molecule has 2 atom stereocenters. The molecule has 0 aliphatic carbocycles. The summed E-state index contributed by atoms with van der Waals surface area (Å²) in [5.74, 6) is -1.23. The lowest BCUT2D eigenvalue weighted by atomic mass is 10.2. The number of amides is 1. The Bertz CT molecular complexity index is 685. The molecular formula is C17H26N2O5S. The normalized spacial score (nSPS) is 13.8. The smallest absolute Gasteiger partial charge is 0.324 e. The molecule has 0 aliphatic rings. The molecule has 1 aromatic carbocycles. The molecule has 0 aliphatic heterocycles. The zero-order valence-electron chi connectivity index (χ0n) is 15.0. The summed E-state index contributed by atoms with van der Waals surface area (Å²) < 4.78 is 31.5. The second-order valence-corrected chi connectivity index (χ2v) is 7.73. The highest BCUT2D eigenvalue weighted by molar-refractivity contribution is 7.89. The van der Waals surface area contributed by atoms with Crippen molar-refractivity contribution in [1.29, 1.82) is 0 Å². The van der Waals surface area contributed by atoms with Crippen LogP contribution < -0.4 is 10.0 Å². The minimum absolute atomic E-state index is 0.00587. The third kappa shape index (κ3) is 7.23. The van der Waals surface area contributed by atoms with E-state index < -0.39 is 34.5 Å². The molecule has 0 fully saturated rings. The average molecular weight is 370 g/mol. The molecule has 0 saturated carbocycles. The van der Waals surface area contributed by atoms with Gasteiger partial charge >= 0.3 is 5.97 Å². The van der Waals surface area contributed by atoms with Gasteiger partial charge in [0.15, 0.2) is 6.61 Å². The molecule has 0 aromatic heterocycles. The highest BCUT2D eigenvalue weighted by Gasteiger charge is 2.23. The number of ether oxygens (including phenoxy) is 1. The number of sulfonamides is 1. The van der Waals surface area contributed by atoms with Gasteiger partial charge in [-0.15, -0.1) is 0 Å². The Hall–Kier alpha value is -1.93. The third-order valence-corrected chi connectivity index (χ3v) is 5.05. The van der Waals surface area contributed by atoms with E-state index in [1.54, 1.807) is 12.1 Å². The molecule has 7 nitrogen and oxygen atoms in total. The van der Waals surface area contributed by atoms with Gasteiger partial charge in [-0.2, -0.15) is 4.72 Å². The van der Waals surface area contributed by atoms with Gasteiger partial charge in [-0.25, -0.2) is 8.42 Å². The predicted molar refractivity (Wildman–Crippen MR) is 94.4 cm³/mol. The highest BCUT2D eigenvalue weighted by Crippen LogP contribution is 2.10. The number of hydrogen-bond donors (Lipinski definition) is 2. The molecule has 1 aromatic rings. The fraction of sp³-hybridized carbons (Fsp3) is 0.529. The third-order valence-electron chi connectivity index (χ3n) is 3.49. The number of carbonyl (C=O) groups excluding carboxylic acids is 2. The average Bonchev–Trinajstić information content (AvgIpc) is 2.52. The van der Waals surface area contributed by atoms with E-state index in [4.69, 9.17) is 4.74 Å². The second-order valence-electron chi connectivity index (χ2n) is 6.02. The van der Waals surface area contributed by atoms with Crippen LogP contribution in [0.4, 0.5) is 0 Å². The lowest BCUT2D eigenvalue weighted by Gasteiger charge is -2.15. The van der Waals surface area contributed by atoms with Gasteiger partial charge in [-0.3, -0.25) is 9.59 Å². The lowest BCUT2D eigenvalue weighted by Crippen LogP contribution is -2.41. The number of rotatable bonds is 9. The largest absolute Gasteiger partial charge is 0.454 e. The number of aryl methyl sites for hydroxylation is 1. The van der Waals surface area contributed by atoms with Crippen molar-refractivity contribution in [2.45, 2.75) is 57.5 Å². The summed E-state index contributed by atoms with van der Waals surface area (Å²) in [6.07, 6.45) is 1.76. The van der Waals surface area contributed by atoms with Gasteiger partial charge in [-0.1, -0.05) is 31.0 Å². The van der Waals surface area contributed by atoms with E-state index in [2.05, 4.69) is 10.0 Å². The van der Waals surface area contributed by atoms with Gasteiger partial charge in [-0.05, 0) is 39.3 Å². The number of hydrogen-bond acceptors (Lipinski definition) is 5. The quantitative estimate of drug-likeness (QED) is 0.642. The molecule has 0 radical (unpaired) electrons. The van der Waals surface area contributed by atoms with Crippen LogP contribution in [0.15, 0.2) is 29.2 Å². The predicted octanol–water partition coefficient (Wildman–Crippen LogP) is 1.51. The van der Waals surface area contributed by atoms with E-state index >= 15 is 0 Å². The van der Waals surface area contributed by atoms with Gasteiger partial charge in [0, 0.05) is 6.04 Å². The van der Waals surface area contributed by atoms with Crippen LogP contribution in [0.5, 0.6) is 0 Å². The Morgan fingerprint density at radius 2 is 1.76 bits per heavy atom. The first-order valence-electron chi connectivity index (χ1n) is 8.20. The van der Waals surface area contributed by atoms with Crippen molar-refractivity contribution >= 4 is 21.9 Å². The van der Waals surface area contributed by atoms with Crippen molar-refractivity contribution in [3.63, 3.8) is 0 Å². The van der Waals surface area contributed by atoms with E-state index in [9.17, 15) is 18.0 Å². The Kier molecular flexibility index (Phi) is 8.05. The van der Waals surface area contributed by atoms with Crippen LogP contribution >= 0.6 is 0 Å². The first kappa shape index (κ1) is 21.1. The molecule has 1 rings (SSSR count). The molecule has 2 N–H and O–H groups in total. The Morgan fingerprint density at radius 3 is 2.32 bits per heavy atom. The summed E-state index contributed by atoms with van der Waals surface area (Å²) in [7, 11) is -3.84. The molecule has 140 valence electrons. The molecule has 25 heavy (non-hydrogen) atoms. The van der Waals surface area contributed by atoms with Gasteiger partial charge in [0.05, 0.1) is 4.90 Å². The molecule has 8 heteroatoms. The SMILES string of the molecule is CCCC(C)NC(=O)COC(=O)[C@H](C)NS(=O)(=O)c1ccc(C)cc1. The fourth-order valence-electron chi connectivity index (χ4n) is 2.15. The molecular weight excluding hydrogens is 344 g/mol. The number of esters is 1. The zero-order valence-corrected chi connectivity index (χ0v) is 15.9. The lowest BCUT2D eigenvalue weighted by molar-refractivity contribution is -0.149. The maximum Gasteiger partial charge on any atom is 0.324 e. The van der Waals surface area contributed by atoms with Gasteiger partial charge in [0.2, 0.25) is 10.0 Å². The summed E-state index contributed by atoms with van der Waals surface area (Å²) in [5, 5.41) is 2.70. The van der Waals surface area contributed by atoms with Crippen LogP contribution in [0.3, 0.4) is 0 Å². The van der Waals surface area contributed by atoms with Crippen molar-refractivity contribution in [2.75, 3.05) is 6.61 Å². The molecule has 0 spiro atoms. The Labute approximate surface area is 149 Å². The molecule has 0 heterocycles. The van der Waals surface area contributed by atoms with Crippen LogP contribution in [-0.2, 0) is 24.3 Å². The van der Waals surface area contributed by atoms with Crippen LogP contribution in [0.25, 0.3) is 0 Å². The number of benzene rings is 1. The minimum Gasteiger partial charge on any atom is -0.454 e. The summed E-state index contributed by atoms with van der Waals surface area (Å²) in [4.78, 5) is 23.6.